The molecule has 2 aliphatic rings. The fourth-order valence-electron chi connectivity index (χ4n) is 3.83. The lowest BCUT2D eigenvalue weighted by molar-refractivity contribution is 0.0942. The number of rotatable bonds is 4. The highest BCUT2D eigenvalue weighted by molar-refractivity contribution is 5.94. The van der Waals surface area contributed by atoms with E-state index in [1.165, 1.54) is 44.2 Å². The summed E-state index contributed by atoms with van der Waals surface area (Å²) in [6.07, 6.45) is 7.73. The van der Waals surface area contributed by atoms with Gasteiger partial charge in [0.25, 0.3) is 5.91 Å². The smallest absolute Gasteiger partial charge is 0.254 e. The molecule has 23 heavy (non-hydrogen) atoms. The molecule has 1 aliphatic heterocycles. The zero-order chi connectivity index (χ0) is 16.2. The molecule has 0 radical (unpaired) electrons. The molecule has 1 saturated heterocycles. The number of phenolic OH excluding ortho intramolecular Hbond substituents is 1. The van der Waals surface area contributed by atoms with Gasteiger partial charge in [0.05, 0.1) is 5.56 Å². The fourth-order valence-corrected chi connectivity index (χ4v) is 3.83. The summed E-state index contributed by atoms with van der Waals surface area (Å²) < 4.78 is 13.7. The van der Waals surface area contributed by atoms with Crippen LogP contribution < -0.4 is 5.32 Å². The van der Waals surface area contributed by atoms with Gasteiger partial charge in [-0.3, -0.25) is 4.79 Å². The zero-order valence-electron chi connectivity index (χ0n) is 13.4. The number of aromatic hydroxyl groups is 1. The van der Waals surface area contributed by atoms with Gasteiger partial charge in [-0.2, -0.15) is 0 Å². The summed E-state index contributed by atoms with van der Waals surface area (Å²) in [6, 6.07) is 4.34. The van der Waals surface area contributed by atoms with Crippen molar-refractivity contribution in [1.29, 1.82) is 0 Å². The zero-order valence-corrected chi connectivity index (χ0v) is 13.4. The molecule has 0 spiro atoms. The minimum atomic E-state index is -0.683. The van der Waals surface area contributed by atoms with Gasteiger partial charge >= 0.3 is 0 Å². The van der Waals surface area contributed by atoms with Crippen molar-refractivity contribution in [3.8, 4) is 5.75 Å². The van der Waals surface area contributed by atoms with Crippen molar-refractivity contribution < 1.29 is 14.3 Å². The van der Waals surface area contributed by atoms with Crippen LogP contribution in [-0.4, -0.2) is 41.6 Å². The summed E-state index contributed by atoms with van der Waals surface area (Å²) >= 11 is 0. The van der Waals surface area contributed by atoms with Crippen LogP contribution in [0.2, 0.25) is 0 Å². The summed E-state index contributed by atoms with van der Waals surface area (Å²) in [5.74, 6) is -0.810. The lowest BCUT2D eigenvalue weighted by Gasteiger charge is -2.31. The van der Waals surface area contributed by atoms with E-state index in [9.17, 15) is 14.3 Å². The number of hydrogen-bond donors (Lipinski definition) is 2. The molecule has 1 aromatic rings. The van der Waals surface area contributed by atoms with Crippen LogP contribution in [0.5, 0.6) is 5.75 Å². The van der Waals surface area contributed by atoms with E-state index in [1.54, 1.807) is 0 Å². The standard InChI is InChI=1S/C18H25FN2O2/c19-17-10-15(22)6-7-16(17)18(23)20-11-13-8-9-21(12-13)14-4-2-1-3-5-14/h6-7,10,13-14,22H,1-5,8-9,11-12H2,(H,20,23)/t13-/m0/s1. The van der Waals surface area contributed by atoms with Crippen LogP contribution in [0.1, 0.15) is 48.9 Å². The lowest BCUT2D eigenvalue weighted by atomic mass is 9.94. The highest BCUT2D eigenvalue weighted by Gasteiger charge is 2.29. The van der Waals surface area contributed by atoms with Gasteiger partial charge in [0.2, 0.25) is 0 Å². The molecule has 2 N–H and O–H groups in total. The minimum absolute atomic E-state index is 0.00932. The first-order chi connectivity index (χ1) is 11.1. The van der Waals surface area contributed by atoms with E-state index in [4.69, 9.17) is 0 Å². The molecule has 3 rings (SSSR count). The number of carbonyl (C=O) groups is 1. The Balaban J connectivity index is 1.48. The molecule has 0 unspecified atom stereocenters. The summed E-state index contributed by atoms with van der Waals surface area (Å²) in [5.41, 5.74) is -0.00932. The van der Waals surface area contributed by atoms with Crippen molar-refractivity contribution in [3.05, 3.63) is 29.6 Å². The molecule has 4 nitrogen and oxygen atoms in total. The Morgan fingerprint density at radius 2 is 2.04 bits per heavy atom. The van der Waals surface area contributed by atoms with E-state index in [-0.39, 0.29) is 11.3 Å². The molecule has 5 heteroatoms. The molecule has 0 bridgehead atoms. The quantitative estimate of drug-likeness (QED) is 0.897. The largest absolute Gasteiger partial charge is 0.508 e. The van der Waals surface area contributed by atoms with E-state index in [1.807, 2.05) is 0 Å². The Labute approximate surface area is 136 Å². The van der Waals surface area contributed by atoms with E-state index in [0.29, 0.717) is 12.5 Å². The summed E-state index contributed by atoms with van der Waals surface area (Å²) in [6.45, 7) is 2.73. The van der Waals surface area contributed by atoms with Crippen LogP contribution in [0.3, 0.4) is 0 Å². The van der Waals surface area contributed by atoms with Crippen molar-refractivity contribution >= 4 is 5.91 Å². The van der Waals surface area contributed by atoms with Crippen LogP contribution >= 0.6 is 0 Å². The van der Waals surface area contributed by atoms with Gasteiger partial charge in [0.1, 0.15) is 11.6 Å². The third kappa shape index (κ3) is 4.02. The first kappa shape index (κ1) is 16.2. The number of likely N-dealkylation sites (tertiary alicyclic amines) is 1. The van der Waals surface area contributed by atoms with Crippen molar-refractivity contribution in [2.45, 2.75) is 44.6 Å². The number of benzene rings is 1. The number of hydrogen-bond acceptors (Lipinski definition) is 3. The van der Waals surface area contributed by atoms with Crippen molar-refractivity contribution in [2.75, 3.05) is 19.6 Å². The predicted octanol–water partition coefficient (Wildman–Crippen LogP) is 2.92. The number of nitrogens with zero attached hydrogens (tertiary/aromatic N) is 1. The normalized spacial score (nSPS) is 23.1. The van der Waals surface area contributed by atoms with E-state index in [0.717, 1.165) is 31.6 Å². The molecule has 0 aromatic heterocycles. The predicted molar refractivity (Wildman–Crippen MR) is 87.0 cm³/mol. The third-order valence-electron chi connectivity index (χ3n) is 5.16. The fraction of sp³-hybridized carbons (Fsp3) is 0.611. The molecule has 1 aliphatic carbocycles. The SMILES string of the molecule is O=C(NC[C@@H]1CCN(C2CCCCC2)C1)c1ccc(O)cc1F. The molecule has 2 fully saturated rings. The second kappa shape index (κ2) is 7.30. The van der Waals surface area contributed by atoms with Gasteiger partial charge in [-0.1, -0.05) is 19.3 Å². The number of nitrogens with one attached hydrogen (secondary N) is 1. The second-order valence-electron chi connectivity index (χ2n) is 6.82. The average Bonchev–Trinajstić information content (AvgIpc) is 3.02. The van der Waals surface area contributed by atoms with E-state index in [2.05, 4.69) is 10.2 Å². The third-order valence-corrected chi connectivity index (χ3v) is 5.16. The Bertz CT molecular complexity index is 558. The number of amides is 1. The lowest BCUT2D eigenvalue weighted by Crippen LogP contribution is -2.36. The minimum Gasteiger partial charge on any atom is -0.508 e. The van der Waals surface area contributed by atoms with Gasteiger partial charge in [-0.25, -0.2) is 4.39 Å². The summed E-state index contributed by atoms with van der Waals surface area (Å²) in [7, 11) is 0. The van der Waals surface area contributed by atoms with Gasteiger partial charge < -0.3 is 15.3 Å². The number of phenols is 1. The number of carbonyl (C=O) groups excluding carboxylic acids is 1. The molecule has 1 heterocycles. The van der Waals surface area contributed by atoms with Gasteiger partial charge in [-0.15, -0.1) is 0 Å². The van der Waals surface area contributed by atoms with Crippen LogP contribution in [0.25, 0.3) is 0 Å². The van der Waals surface area contributed by atoms with Gasteiger partial charge in [0, 0.05) is 25.2 Å². The maximum Gasteiger partial charge on any atom is 0.254 e. The van der Waals surface area contributed by atoms with Gasteiger partial charge in [0.15, 0.2) is 0 Å². The molecule has 1 amide bonds. The molecular formula is C18H25FN2O2. The first-order valence-corrected chi connectivity index (χ1v) is 8.64. The highest BCUT2D eigenvalue weighted by atomic mass is 19.1. The van der Waals surface area contributed by atoms with Crippen molar-refractivity contribution in [2.24, 2.45) is 5.92 Å². The molecule has 126 valence electrons. The van der Waals surface area contributed by atoms with Crippen LogP contribution in [0, 0.1) is 11.7 Å². The summed E-state index contributed by atoms with van der Waals surface area (Å²) in [4.78, 5) is 14.6. The van der Waals surface area contributed by atoms with E-state index >= 15 is 0 Å². The molecular weight excluding hydrogens is 295 g/mol. The van der Waals surface area contributed by atoms with E-state index < -0.39 is 11.7 Å². The monoisotopic (exact) mass is 320 g/mol. The van der Waals surface area contributed by atoms with Crippen LogP contribution in [-0.2, 0) is 0 Å². The topological polar surface area (TPSA) is 52.6 Å². The second-order valence-corrected chi connectivity index (χ2v) is 6.82. The van der Waals surface area contributed by atoms with Crippen molar-refractivity contribution in [3.63, 3.8) is 0 Å². The van der Waals surface area contributed by atoms with Crippen molar-refractivity contribution in [1.82, 2.24) is 10.2 Å². The Morgan fingerprint density at radius 3 is 2.78 bits per heavy atom. The number of halogens is 1. The Hall–Kier alpha value is -1.62. The summed E-state index contributed by atoms with van der Waals surface area (Å²) in [5, 5.41) is 12.0. The highest BCUT2D eigenvalue weighted by Crippen LogP contribution is 2.27. The Kier molecular flexibility index (Phi) is 5.16. The molecule has 1 atom stereocenters. The first-order valence-electron chi connectivity index (χ1n) is 8.64. The molecule has 1 aromatic carbocycles. The maximum absolute atomic E-state index is 13.7. The average molecular weight is 320 g/mol. The Morgan fingerprint density at radius 1 is 1.26 bits per heavy atom. The van der Waals surface area contributed by atoms with Crippen LogP contribution in [0.4, 0.5) is 4.39 Å². The molecule has 1 saturated carbocycles. The van der Waals surface area contributed by atoms with Crippen LogP contribution in [0.15, 0.2) is 18.2 Å². The van der Waals surface area contributed by atoms with Gasteiger partial charge in [-0.05, 0) is 43.9 Å². The maximum atomic E-state index is 13.7.